The van der Waals surface area contributed by atoms with Gasteiger partial charge in [-0.05, 0) is 43.2 Å². The Morgan fingerprint density at radius 2 is 2.00 bits per heavy atom. The highest BCUT2D eigenvalue weighted by molar-refractivity contribution is 7.90. The Bertz CT molecular complexity index is 1120. The van der Waals surface area contributed by atoms with Crippen LogP contribution in [0.25, 0.3) is 0 Å². The van der Waals surface area contributed by atoms with Crippen LogP contribution in [0.15, 0.2) is 39.6 Å². The third-order valence-corrected chi connectivity index (χ3v) is 7.37. The van der Waals surface area contributed by atoms with Gasteiger partial charge in [0.2, 0.25) is 5.78 Å². The van der Waals surface area contributed by atoms with Gasteiger partial charge in [0.1, 0.15) is 10.7 Å². The van der Waals surface area contributed by atoms with E-state index in [2.05, 4.69) is 4.40 Å². The fraction of sp³-hybridized carbons (Fsp3) is 0.316. The number of sulfonamides is 1. The highest BCUT2D eigenvalue weighted by Crippen LogP contribution is 2.35. The van der Waals surface area contributed by atoms with E-state index in [9.17, 15) is 18.0 Å². The molecule has 1 aromatic heterocycles. The van der Waals surface area contributed by atoms with Crippen LogP contribution in [0.1, 0.15) is 45.7 Å². The number of halogens is 1. The molecule has 2 aliphatic heterocycles. The van der Waals surface area contributed by atoms with Crippen molar-refractivity contribution < 1.29 is 22.7 Å². The molecule has 152 valence electrons. The number of thiophene rings is 1. The number of hydrogen-bond acceptors (Lipinski definition) is 7. The molecule has 0 saturated carbocycles. The van der Waals surface area contributed by atoms with Gasteiger partial charge in [-0.15, -0.1) is 15.7 Å². The number of esters is 1. The molecule has 0 unspecified atom stereocenters. The number of ether oxygens (including phenoxy) is 1. The molecular weight excluding hydrogens is 436 g/mol. The van der Waals surface area contributed by atoms with Crippen LogP contribution in [0.5, 0.6) is 0 Å². The number of fused-ring (bicyclic) bond motifs is 3. The monoisotopic (exact) mass is 452 g/mol. The van der Waals surface area contributed by atoms with Gasteiger partial charge in [-0.3, -0.25) is 4.79 Å². The maximum absolute atomic E-state index is 12.6. The molecule has 2 aliphatic rings. The number of ketones is 1. The van der Waals surface area contributed by atoms with Crippen LogP contribution in [0.2, 0.25) is 4.34 Å². The average Bonchev–Trinajstić information content (AvgIpc) is 3.00. The Morgan fingerprint density at radius 3 is 2.76 bits per heavy atom. The first kappa shape index (κ1) is 20.1. The van der Waals surface area contributed by atoms with Crippen molar-refractivity contribution in [3.8, 4) is 0 Å². The van der Waals surface area contributed by atoms with Crippen LogP contribution in [-0.4, -0.2) is 39.2 Å². The number of benzene rings is 1. The molecule has 0 bridgehead atoms. The molecule has 1 aromatic carbocycles. The molecule has 29 heavy (non-hydrogen) atoms. The maximum Gasteiger partial charge on any atom is 0.338 e. The summed E-state index contributed by atoms with van der Waals surface area (Å²) in [5.74, 6) is -0.602. The smallest absolute Gasteiger partial charge is 0.338 e. The molecule has 7 nitrogen and oxygen atoms in total. The molecule has 10 heteroatoms. The van der Waals surface area contributed by atoms with Gasteiger partial charge in [0.15, 0.2) is 6.61 Å². The van der Waals surface area contributed by atoms with Crippen LogP contribution in [-0.2, 0) is 14.8 Å². The van der Waals surface area contributed by atoms with E-state index in [0.29, 0.717) is 33.7 Å². The highest BCUT2D eigenvalue weighted by Gasteiger charge is 2.32. The number of nitrogens with zero attached hydrogens (tertiary/aromatic N) is 2. The topological polar surface area (TPSA) is 93.1 Å². The lowest BCUT2D eigenvalue weighted by Crippen LogP contribution is -2.35. The van der Waals surface area contributed by atoms with Gasteiger partial charge in [0, 0.05) is 13.0 Å². The molecule has 4 rings (SSSR count). The Labute approximate surface area is 177 Å². The van der Waals surface area contributed by atoms with Gasteiger partial charge in [0.25, 0.3) is 10.0 Å². The molecular formula is C19H17ClN2O5S2. The van der Waals surface area contributed by atoms with Gasteiger partial charge in [-0.1, -0.05) is 18.0 Å². The first-order valence-corrected chi connectivity index (χ1v) is 11.7. The second kappa shape index (κ2) is 7.89. The van der Waals surface area contributed by atoms with Crippen LogP contribution in [0, 0.1) is 0 Å². The minimum absolute atomic E-state index is 0.0195. The lowest BCUT2D eigenvalue weighted by Gasteiger charge is -2.29. The predicted molar refractivity (Wildman–Crippen MR) is 111 cm³/mol. The second-order valence-corrected chi connectivity index (χ2v) is 10.0. The van der Waals surface area contributed by atoms with E-state index in [1.54, 1.807) is 18.2 Å². The van der Waals surface area contributed by atoms with Crippen molar-refractivity contribution in [1.29, 1.82) is 0 Å². The highest BCUT2D eigenvalue weighted by atomic mass is 35.5. The zero-order valence-corrected chi connectivity index (χ0v) is 17.6. The molecule has 1 saturated heterocycles. The van der Waals surface area contributed by atoms with Gasteiger partial charge < -0.3 is 9.64 Å². The standard InChI is InChI=1S/C19H17ClN2O5S2/c20-17-8-7-15(28-17)14(23)11-27-19(24)12-5-6-13-16(10-12)29(25,26)21-18-4-2-1-3-9-22(13)18/h5-8,10H,1-4,9,11H2. The molecule has 3 heterocycles. The van der Waals surface area contributed by atoms with Crippen molar-refractivity contribution >= 4 is 56.2 Å². The first-order chi connectivity index (χ1) is 13.8. The predicted octanol–water partition coefficient (Wildman–Crippen LogP) is 3.92. The minimum Gasteiger partial charge on any atom is -0.454 e. The van der Waals surface area contributed by atoms with E-state index in [1.165, 1.54) is 12.1 Å². The number of amidine groups is 1. The number of anilines is 1. The van der Waals surface area contributed by atoms with Gasteiger partial charge in [-0.2, -0.15) is 8.42 Å². The van der Waals surface area contributed by atoms with Crippen LogP contribution in [0.3, 0.4) is 0 Å². The summed E-state index contributed by atoms with van der Waals surface area (Å²) in [6, 6.07) is 7.53. The lowest BCUT2D eigenvalue weighted by atomic mass is 10.2. The Morgan fingerprint density at radius 1 is 1.17 bits per heavy atom. The van der Waals surface area contributed by atoms with E-state index in [1.807, 2.05) is 4.90 Å². The summed E-state index contributed by atoms with van der Waals surface area (Å²) in [4.78, 5) is 26.7. The number of rotatable bonds is 4. The third kappa shape index (κ3) is 4.08. The summed E-state index contributed by atoms with van der Waals surface area (Å²) in [7, 11) is -3.90. The number of Topliss-reactive ketones (excluding diaryl/α,β-unsaturated/α-hetero) is 1. The van der Waals surface area contributed by atoms with Gasteiger partial charge in [0.05, 0.1) is 20.5 Å². The maximum atomic E-state index is 12.6. The number of hydrogen-bond donors (Lipinski definition) is 0. The fourth-order valence-corrected chi connectivity index (χ4v) is 5.61. The fourth-order valence-electron chi connectivity index (χ4n) is 3.36. The summed E-state index contributed by atoms with van der Waals surface area (Å²) in [6.07, 6.45) is 3.46. The van der Waals surface area contributed by atoms with Crippen molar-refractivity contribution in [3.05, 3.63) is 45.1 Å². The third-order valence-electron chi connectivity index (χ3n) is 4.77. The molecule has 0 N–H and O–H groups in total. The van der Waals surface area contributed by atoms with Crippen molar-refractivity contribution in [3.63, 3.8) is 0 Å². The SMILES string of the molecule is O=C(OCC(=O)c1ccc(Cl)s1)c1ccc2c(c1)S(=O)(=O)N=C1CCCCCN12. The molecule has 1 fully saturated rings. The molecule has 2 aromatic rings. The largest absolute Gasteiger partial charge is 0.454 e. The molecule has 0 aliphatic carbocycles. The second-order valence-electron chi connectivity index (χ2n) is 6.73. The Hall–Kier alpha value is -2.23. The Balaban J connectivity index is 1.55. The quantitative estimate of drug-likeness (QED) is 0.515. The van der Waals surface area contributed by atoms with Crippen molar-refractivity contribution in [1.82, 2.24) is 0 Å². The lowest BCUT2D eigenvalue weighted by molar-refractivity contribution is 0.0475. The summed E-state index contributed by atoms with van der Waals surface area (Å²) in [5.41, 5.74) is 0.579. The van der Waals surface area contributed by atoms with Crippen LogP contribution < -0.4 is 4.90 Å². The Kier molecular flexibility index (Phi) is 5.46. The number of carbonyl (C=O) groups excluding carboxylic acids is 2. The zero-order valence-electron chi connectivity index (χ0n) is 15.3. The van der Waals surface area contributed by atoms with Gasteiger partial charge >= 0.3 is 5.97 Å². The van der Waals surface area contributed by atoms with Crippen LogP contribution in [0.4, 0.5) is 5.69 Å². The van der Waals surface area contributed by atoms with Crippen molar-refractivity contribution in [2.75, 3.05) is 18.1 Å². The molecule has 0 spiro atoms. The summed E-state index contributed by atoms with van der Waals surface area (Å²) < 4.78 is 34.8. The van der Waals surface area contributed by atoms with E-state index in [0.717, 1.165) is 30.6 Å². The summed E-state index contributed by atoms with van der Waals surface area (Å²) in [6.45, 7) is 0.233. The molecule has 0 amide bonds. The van der Waals surface area contributed by atoms with Gasteiger partial charge in [-0.25, -0.2) is 4.79 Å². The van der Waals surface area contributed by atoms with Crippen molar-refractivity contribution in [2.24, 2.45) is 4.40 Å². The zero-order chi connectivity index (χ0) is 20.6. The van der Waals surface area contributed by atoms with E-state index in [-0.39, 0.29) is 16.2 Å². The number of carbonyl (C=O) groups is 2. The van der Waals surface area contributed by atoms with E-state index < -0.39 is 22.6 Å². The molecule has 0 atom stereocenters. The van der Waals surface area contributed by atoms with Crippen LogP contribution >= 0.6 is 22.9 Å². The average molecular weight is 453 g/mol. The summed E-state index contributed by atoms with van der Waals surface area (Å²) >= 11 is 6.90. The normalized spacial score (nSPS) is 17.6. The summed E-state index contributed by atoms with van der Waals surface area (Å²) in [5, 5.41) is 0. The molecule has 0 radical (unpaired) electrons. The minimum atomic E-state index is -3.90. The van der Waals surface area contributed by atoms with E-state index >= 15 is 0 Å². The van der Waals surface area contributed by atoms with E-state index in [4.69, 9.17) is 16.3 Å². The first-order valence-electron chi connectivity index (χ1n) is 9.06. The van der Waals surface area contributed by atoms with Crippen molar-refractivity contribution in [2.45, 2.75) is 30.6 Å².